The second-order valence-corrected chi connectivity index (χ2v) is 9.51. The first-order valence-electron chi connectivity index (χ1n) is 27.2. The monoisotopic (exact) mass is 600 g/mol. The van der Waals surface area contributed by atoms with E-state index < -0.39 is 257 Å². The third kappa shape index (κ3) is 4.02. The molecule has 0 atom stereocenters. The predicted molar refractivity (Wildman–Crippen MR) is 190 cm³/mol. The highest BCUT2D eigenvalue weighted by atomic mass is 16.3. The Hall–Kier alpha value is -5.92. The Kier molecular flexibility index (Phi) is 2.32. The molecular weight excluding hydrogens is 544 g/mol. The first-order valence-corrected chi connectivity index (χ1v) is 13.2. The number of hydrogen-bond acceptors (Lipinski definition) is 1. The average molecular weight is 601 g/mol. The Labute approximate surface area is 301 Å². The molecule has 0 aliphatic rings. The molecule has 45 heavy (non-hydrogen) atoms. The molecular formula is C44H28O. The summed E-state index contributed by atoms with van der Waals surface area (Å²) in [5.41, 5.74) is -8.44. The fraction of sp³-hybridized carbons (Fsp3) is 0. The quantitative estimate of drug-likeness (QED) is 0.183. The summed E-state index contributed by atoms with van der Waals surface area (Å²) in [5.74, 6) is 0. The minimum atomic E-state index is -1.15. The van der Waals surface area contributed by atoms with Crippen LogP contribution in [0.2, 0.25) is 0 Å². The molecule has 0 aliphatic carbocycles. The van der Waals surface area contributed by atoms with Gasteiger partial charge < -0.3 is 4.42 Å². The van der Waals surface area contributed by atoms with Crippen molar-refractivity contribution in [2.45, 2.75) is 0 Å². The van der Waals surface area contributed by atoms with Gasteiger partial charge in [0.15, 0.2) is 0 Å². The molecule has 9 aromatic rings. The van der Waals surface area contributed by atoms with E-state index in [9.17, 15) is 9.60 Å². The van der Waals surface area contributed by atoms with E-state index in [1.165, 1.54) is 0 Å². The Morgan fingerprint density at radius 3 is 1.31 bits per heavy atom. The van der Waals surface area contributed by atoms with Gasteiger partial charge in [-0.15, -0.1) is 0 Å². The van der Waals surface area contributed by atoms with Gasteiger partial charge in [0.2, 0.25) is 0 Å². The molecule has 9 rings (SSSR count). The van der Waals surface area contributed by atoms with E-state index in [0.717, 1.165) is 0 Å². The second kappa shape index (κ2) is 10.4. The van der Waals surface area contributed by atoms with E-state index in [1.807, 2.05) is 0 Å². The molecule has 0 bridgehead atoms. The predicted octanol–water partition coefficient (Wildman–Crippen LogP) is 12.6. The summed E-state index contributed by atoms with van der Waals surface area (Å²) in [4.78, 5) is 0. The average Bonchev–Trinajstić information content (AvgIpc) is 3.77. The maximum absolute atomic E-state index is 9.68. The normalized spacial score (nSPS) is 20.3. The van der Waals surface area contributed by atoms with E-state index in [2.05, 4.69) is 0 Å². The van der Waals surface area contributed by atoms with Crippen molar-refractivity contribution in [2.24, 2.45) is 0 Å². The van der Waals surface area contributed by atoms with Crippen LogP contribution >= 0.6 is 0 Å². The standard InChI is InChI=1S/C44H28O/c1-3-15-29(16-4-1)31-24-13-25-32(30-17-5-2-6-18-30)43(31)44-35-21-9-7-19-33(35)41(34-20-8-10-22-36(34)44)38-26-14-28-40-42(38)37-23-11-12-27-39(37)45-40/h1-28H/i1D,2D,3D,4D,5D,6D,7D,8D,9D,10D,11D,12D,13D,14D,15D,16D,17D,18D,19D,20D,21D,22D,23D,24D,25D,26D,27D,28D. The number of benzene rings is 8. The van der Waals surface area contributed by atoms with E-state index in [1.54, 1.807) is 0 Å². The molecule has 0 N–H and O–H groups in total. The molecule has 0 radical (unpaired) electrons. The van der Waals surface area contributed by atoms with Crippen molar-refractivity contribution in [1.29, 1.82) is 0 Å². The van der Waals surface area contributed by atoms with Crippen molar-refractivity contribution in [3.05, 3.63) is 169 Å². The van der Waals surface area contributed by atoms with Crippen molar-refractivity contribution in [2.75, 3.05) is 0 Å². The molecule has 1 heteroatoms. The van der Waals surface area contributed by atoms with Gasteiger partial charge >= 0.3 is 0 Å². The topological polar surface area (TPSA) is 13.1 Å². The SMILES string of the molecule is [2H]c1c([2H])c([2H])c(-c2c([2H])c([2H])c([2H])c(-c3c([2H])c([2H])c([2H])c([2H])c3[2H])c2-c2c3c([2H])c([2H])c([2H])c([2H])c3c(-c3c([2H])c([2H])c([2H])c4oc5c([2H])c([2H])c([2H])c([2H])c5c34)c3c([2H])c([2H])c([2H])c([2H])c23)c([2H])c1[2H]. The fourth-order valence-electron chi connectivity index (χ4n) is 5.45. The summed E-state index contributed by atoms with van der Waals surface area (Å²) in [6.07, 6.45) is 0. The zero-order valence-corrected chi connectivity index (χ0v) is 22.4. The van der Waals surface area contributed by atoms with E-state index in [4.69, 9.17) is 33.2 Å². The number of rotatable bonds is 4. The van der Waals surface area contributed by atoms with Crippen LogP contribution in [-0.4, -0.2) is 0 Å². The van der Waals surface area contributed by atoms with Gasteiger partial charge in [0.1, 0.15) is 11.2 Å². The molecule has 1 nitrogen and oxygen atoms in total. The minimum Gasteiger partial charge on any atom is -0.456 e. The molecule has 0 aliphatic heterocycles. The summed E-state index contributed by atoms with van der Waals surface area (Å²) in [6, 6.07) is -28.7. The molecule has 210 valence electrons. The molecule has 0 fully saturated rings. The zero-order chi connectivity index (χ0) is 54.1. The van der Waals surface area contributed by atoms with E-state index in [0.29, 0.717) is 0 Å². The van der Waals surface area contributed by atoms with Crippen LogP contribution in [0.25, 0.3) is 88.0 Å². The van der Waals surface area contributed by atoms with Crippen LogP contribution in [0.3, 0.4) is 0 Å². The number of fused-ring (bicyclic) bond motifs is 5. The van der Waals surface area contributed by atoms with Gasteiger partial charge in [0.05, 0.1) is 38.4 Å². The highest BCUT2D eigenvalue weighted by Crippen LogP contribution is 2.50. The van der Waals surface area contributed by atoms with Crippen molar-refractivity contribution < 1.29 is 42.8 Å². The first kappa shape index (κ1) is 10.1. The Bertz CT molecular complexity index is 3880. The minimum absolute atomic E-state index is 0.527. The van der Waals surface area contributed by atoms with Gasteiger partial charge in [-0.1, -0.05) is 157 Å². The number of para-hydroxylation sites is 1. The molecule has 0 amide bonds. The van der Waals surface area contributed by atoms with Gasteiger partial charge in [0.25, 0.3) is 0 Å². The van der Waals surface area contributed by atoms with Crippen LogP contribution in [-0.2, 0) is 0 Å². The molecule has 0 unspecified atom stereocenters. The van der Waals surface area contributed by atoms with Crippen molar-refractivity contribution in [3.8, 4) is 44.5 Å². The first-order chi connectivity index (χ1) is 34.0. The third-order valence-electron chi connectivity index (χ3n) is 7.20. The number of furan rings is 1. The highest BCUT2D eigenvalue weighted by Gasteiger charge is 2.23. The Morgan fingerprint density at radius 2 is 0.733 bits per heavy atom. The second-order valence-electron chi connectivity index (χ2n) is 9.51. The van der Waals surface area contributed by atoms with Crippen molar-refractivity contribution >= 4 is 43.5 Å². The van der Waals surface area contributed by atoms with Gasteiger partial charge in [-0.2, -0.15) is 0 Å². The van der Waals surface area contributed by atoms with Crippen LogP contribution < -0.4 is 0 Å². The fourth-order valence-corrected chi connectivity index (χ4v) is 5.45. The van der Waals surface area contributed by atoms with Gasteiger partial charge in [0, 0.05) is 10.8 Å². The molecule has 1 aromatic heterocycles. The maximum atomic E-state index is 9.68. The van der Waals surface area contributed by atoms with E-state index in [-0.39, 0.29) is 0 Å². The van der Waals surface area contributed by atoms with Gasteiger partial charge in [-0.05, 0) is 78.1 Å². The highest BCUT2D eigenvalue weighted by molar-refractivity contribution is 6.27. The molecule has 1 heterocycles. The van der Waals surface area contributed by atoms with Crippen LogP contribution in [0.15, 0.2) is 174 Å². The zero-order valence-electron chi connectivity index (χ0n) is 50.4. The van der Waals surface area contributed by atoms with Gasteiger partial charge in [-0.25, -0.2) is 0 Å². The lowest BCUT2D eigenvalue weighted by Crippen LogP contribution is -1.95. The van der Waals surface area contributed by atoms with Crippen LogP contribution in [0.1, 0.15) is 38.4 Å². The van der Waals surface area contributed by atoms with Gasteiger partial charge in [-0.3, -0.25) is 0 Å². The maximum Gasteiger partial charge on any atom is 0.136 e. The van der Waals surface area contributed by atoms with Crippen LogP contribution in [0, 0.1) is 0 Å². The van der Waals surface area contributed by atoms with Crippen molar-refractivity contribution in [3.63, 3.8) is 0 Å². The summed E-state index contributed by atoms with van der Waals surface area (Å²) in [5, 5.41) is -4.48. The summed E-state index contributed by atoms with van der Waals surface area (Å²) >= 11 is 0. The molecule has 0 saturated heterocycles. The largest absolute Gasteiger partial charge is 0.456 e. The summed E-state index contributed by atoms with van der Waals surface area (Å²) in [6.45, 7) is 0. The molecule has 0 spiro atoms. The van der Waals surface area contributed by atoms with Crippen LogP contribution in [0.4, 0.5) is 0 Å². The molecule has 8 aromatic carbocycles. The lowest BCUT2D eigenvalue weighted by molar-refractivity contribution is 0.669. The summed E-state index contributed by atoms with van der Waals surface area (Å²) < 4.78 is 258. The van der Waals surface area contributed by atoms with E-state index >= 15 is 0 Å². The van der Waals surface area contributed by atoms with Crippen molar-refractivity contribution in [1.82, 2.24) is 0 Å². The number of hydrogen-bond donors (Lipinski definition) is 0. The summed E-state index contributed by atoms with van der Waals surface area (Å²) in [7, 11) is 0. The Balaban J connectivity index is 1.76. The lowest BCUT2D eigenvalue weighted by Gasteiger charge is -2.22. The smallest absolute Gasteiger partial charge is 0.136 e. The molecule has 0 saturated carbocycles. The van der Waals surface area contributed by atoms with Crippen LogP contribution in [0.5, 0.6) is 0 Å². The lowest BCUT2D eigenvalue weighted by atomic mass is 9.80. The Morgan fingerprint density at radius 1 is 0.311 bits per heavy atom. The third-order valence-corrected chi connectivity index (χ3v) is 7.20.